The van der Waals surface area contributed by atoms with Gasteiger partial charge in [-0.2, -0.15) is 13.2 Å². The van der Waals surface area contributed by atoms with Gasteiger partial charge in [-0.15, -0.1) is 0 Å². The van der Waals surface area contributed by atoms with Crippen LogP contribution in [-0.2, 0) is 23.9 Å². The number of aliphatic imine (C=N–C) groups is 1. The molecule has 3 rings (SSSR count). The first-order chi connectivity index (χ1) is 11.8. The van der Waals surface area contributed by atoms with E-state index in [1.165, 1.54) is 18.3 Å². The minimum Gasteiger partial charge on any atom is -0.352 e. The highest BCUT2D eigenvalue weighted by molar-refractivity contribution is 6.12. The van der Waals surface area contributed by atoms with E-state index in [0.29, 0.717) is 11.1 Å². The summed E-state index contributed by atoms with van der Waals surface area (Å²) in [5.41, 5.74) is 1.72. The fourth-order valence-corrected chi connectivity index (χ4v) is 2.47. The average molecular weight is 346 g/mol. The van der Waals surface area contributed by atoms with Crippen molar-refractivity contribution in [2.75, 3.05) is 0 Å². The minimum atomic E-state index is -4.39. The van der Waals surface area contributed by atoms with Crippen molar-refractivity contribution in [3.8, 4) is 0 Å². The Morgan fingerprint density at radius 3 is 2.40 bits per heavy atom. The lowest BCUT2D eigenvalue weighted by molar-refractivity contribution is -0.137. The summed E-state index contributed by atoms with van der Waals surface area (Å²) in [6, 6.07) is 9.68. The van der Waals surface area contributed by atoms with Gasteiger partial charge >= 0.3 is 6.18 Å². The molecule has 0 saturated heterocycles. The first-order valence-corrected chi connectivity index (χ1v) is 7.47. The summed E-state index contributed by atoms with van der Waals surface area (Å²) in [6.45, 7) is 0.222. The lowest BCUT2D eigenvalue weighted by atomic mass is 10.1. The van der Waals surface area contributed by atoms with Gasteiger partial charge in [-0.25, -0.2) is 4.99 Å². The van der Waals surface area contributed by atoms with E-state index in [2.05, 4.69) is 10.3 Å². The van der Waals surface area contributed by atoms with Crippen LogP contribution in [0.5, 0.6) is 0 Å². The van der Waals surface area contributed by atoms with Gasteiger partial charge < -0.3 is 5.32 Å². The summed E-state index contributed by atoms with van der Waals surface area (Å²) >= 11 is 0. The third kappa shape index (κ3) is 3.93. The first kappa shape index (κ1) is 16.9. The van der Waals surface area contributed by atoms with Crippen LogP contribution in [0, 0.1) is 0 Å². The number of alkyl halides is 3. The lowest BCUT2D eigenvalue weighted by Gasteiger charge is -2.09. The fourth-order valence-electron chi connectivity index (χ4n) is 2.47. The molecule has 2 amide bonds. The molecule has 0 atom stereocenters. The van der Waals surface area contributed by atoms with Crippen molar-refractivity contribution in [3.05, 3.63) is 70.3 Å². The maximum atomic E-state index is 12.5. The van der Waals surface area contributed by atoms with Gasteiger partial charge in [0.2, 0.25) is 5.91 Å². The molecule has 1 heterocycles. The highest BCUT2D eigenvalue weighted by Crippen LogP contribution is 2.29. The molecule has 2 aromatic carbocycles. The number of amides is 2. The van der Waals surface area contributed by atoms with Crippen LogP contribution in [0.25, 0.3) is 0 Å². The SMILES string of the molecule is O=C(Cc1ccc(C(F)(F)F)cc1)NCc1ccc2c(c1)C(=O)N=C2. The van der Waals surface area contributed by atoms with E-state index < -0.39 is 11.7 Å². The Morgan fingerprint density at radius 2 is 1.72 bits per heavy atom. The molecule has 0 aromatic heterocycles. The number of nitrogens with zero attached hydrogens (tertiary/aromatic N) is 1. The molecule has 128 valence electrons. The van der Waals surface area contributed by atoms with Crippen LogP contribution in [0.15, 0.2) is 47.5 Å². The second-order valence-corrected chi connectivity index (χ2v) is 5.63. The zero-order valence-electron chi connectivity index (χ0n) is 12.9. The Morgan fingerprint density at radius 1 is 1.04 bits per heavy atom. The van der Waals surface area contributed by atoms with E-state index in [4.69, 9.17) is 0 Å². The van der Waals surface area contributed by atoms with E-state index in [-0.39, 0.29) is 24.8 Å². The highest BCUT2D eigenvalue weighted by atomic mass is 19.4. The molecule has 25 heavy (non-hydrogen) atoms. The third-order valence-corrected chi connectivity index (χ3v) is 3.80. The number of carbonyl (C=O) groups excluding carboxylic acids is 2. The van der Waals surface area contributed by atoms with Crippen molar-refractivity contribution in [1.29, 1.82) is 0 Å². The second-order valence-electron chi connectivity index (χ2n) is 5.63. The second kappa shape index (κ2) is 6.51. The normalized spacial score (nSPS) is 13.0. The van der Waals surface area contributed by atoms with Crippen molar-refractivity contribution >= 4 is 18.0 Å². The van der Waals surface area contributed by atoms with Gasteiger partial charge in [0.25, 0.3) is 5.91 Å². The van der Waals surface area contributed by atoms with E-state index in [1.54, 1.807) is 18.2 Å². The van der Waals surface area contributed by atoms with Gasteiger partial charge in [-0.1, -0.05) is 24.3 Å². The quantitative estimate of drug-likeness (QED) is 0.925. The Kier molecular flexibility index (Phi) is 4.39. The maximum Gasteiger partial charge on any atom is 0.416 e. The molecule has 4 nitrogen and oxygen atoms in total. The van der Waals surface area contributed by atoms with Crippen LogP contribution in [0.1, 0.15) is 32.6 Å². The fraction of sp³-hybridized carbons (Fsp3) is 0.167. The summed E-state index contributed by atoms with van der Waals surface area (Å²) in [4.78, 5) is 27.2. The molecule has 0 fully saturated rings. The molecule has 0 spiro atoms. The predicted octanol–water partition coefficient (Wildman–Crippen LogP) is 3.14. The Hall–Kier alpha value is -2.96. The highest BCUT2D eigenvalue weighted by Gasteiger charge is 2.29. The molecule has 1 N–H and O–H groups in total. The summed E-state index contributed by atoms with van der Waals surface area (Å²) < 4.78 is 37.5. The largest absolute Gasteiger partial charge is 0.416 e. The topological polar surface area (TPSA) is 58.5 Å². The zero-order valence-corrected chi connectivity index (χ0v) is 12.9. The summed E-state index contributed by atoms with van der Waals surface area (Å²) in [7, 11) is 0. The number of rotatable bonds is 4. The van der Waals surface area contributed by atoms with Crippen LogP contribution in [0.4, 0.5) is 13.2 Å². The molecule has 0 aliphatic carbocycles. The Balaban J connectivity index is 1.57. The van der Waals surface area contributed by atoms with Gasteiger partial charge in [-0.05, 0) is 29.3 Å². The van der Waals surface area contributed by atoms with Gasteiger partial charge in [0.15, 0.2) is 0 Å². The molecule has 7 heteroatoms. The maximum absolute atomic E-state index is 12.5. The number of nitrogens with one attached hydrogen (secondary N) is 1. The summed E-state index contributed by atoms with van der Waals surface area (Å²) in [5.74, 6) is -0.629. The number of carbonyl (C=O) groups is 2. The van der Waals surface area contributed by atoms with Crippen LogP contribution in [0.2, 0.25) is 0 Å². The Labute approximate surface area is 141 Å². The molecule has 0 radical (unpaired) electrons. The molecule has 2 aromatic rings. The van der Waals surface area contributed by atoms with Crippen LogP contribution in [-0.4, -0.2) is 18.0 Å². The van der Waals surface area contributed by atoms with Gasteiger partial charge in [0.05, 0.1) is 17.5 Å². The van der Waals surface area contributed by atoms with Crippen molar-refractivity contribution in [1.82, 2.24) is 5.32 Å². The number of hydrogen-bond donors (Lipinski definition) is 1. The van der Waals surface area contributed by atoms with Crippen LogP contribution >= 0.6 is 0 Å². The van der Waals surface area contributed by atoms with E-state index in [0.717, 1.165) is 23.3 Å². The van der Waals surface area contributed by atoms with Crippen LogP contribution in [0.3, 0.4) is 0 Å². The number of benzene rings is 2. The molecule has 1 aliphatic heterocycles. The van der Waals surface area contributed by atoms with E-state index in [9.17, 15) is 22.8 Å². The smallest absolute Gasteiger partial charge is 0.352 e. The van der Waals surface area contributed by atoms with E-state index in [1.807, 2.05) is 0 Å². The van der Waals surface area contributed by atoms with Crippen molar-refractivity contribution in [2.24, 2.45) is 4.99 Å². The molecule has 1 aliphatic rings. The molecule has 0 bridgehead atoms. The molecule has 0 saturated carbocycles. The first-order valence-electron chi connectivity index (χ1n) is 7.47. The summed E-state index contributed by atoms with van der Waals surface area (Å²) in [5, 5.41) is 2.69. The molecule has 0 unspecified atom stereocenters. The van der Waals surface area contributed by atoms with E-state index >= 15 is 0 Å². The predicted molar refractivity (Wildman–Crippen MR) is 85.4 cm³/mol. The third-order valence-electron chi connectivity index (χ3n) is 3.80. The van der Waals surface area contributed by atoms with Crippen molar-refractivity contribution < 1.29 is 22.8 Å². The summed E-state index contributed by atoms with van der Waals surface area (Å²) in [6.07, 6.45) is -2.93. The lowest BCUT2D eigenvalue weighted by Crippen LogP contribution is -2.24. The van der Waals surface area contributed by atoms with Gasteiger partial charge in [0.1, 0.15) is 0 Å². The monoisotopic (exact) mass is 346 g/mol. The Bertz CT molecular complexity index is 856. The number of hydrogen-bond acceptors (Lipinski definition) is 2. The number of halogens is 3. The van der Waals surface area contributed by atoms with Crippen molar-refractivity contribution in [3.63, 3.8) is 0 Å². The minimum absolute atomic E-state index is 0.0227. The van der Waals surface area contributed by atoms with Gasteiger partial charge in [-0.3, -0.25) is 9.59 Å². The molecular weight excluding hydrogens is 333 g/mol. The average Bonchev–Trinajstić information content (AvgIpc) is 2.93. The van der Waals surface area contributed by atoms with Crippen molar-refractivity contribution in [2.45, 2.75) is 19.1 Å². The zero-order chi connectivity index (χ0) is 18.0. The standard InChI is InChI=1S/C18H13F3N2O2/c19-18(20,21)14-5-2-11(3-6-14)8-16(24)22-9-12-1-4-13-10-23-17(25)15(13)7-12/h1-7,10H,8-9H2,(H,22,24). The molecular formula is C18H13F3N2O2. The van der Waals surface area contributed by atoms with Gasteiger partial charge in [0, 0.05) is 18.3 Å². The van der Waals surface area contributed by atoms with Crippen LogP contribution < -0.4 is 5.32 Å². The number of fused-ring (bicyclic) bond motifs is 1.